The Balaban J connectivity index is 1.85. The third-order valence-corrected chi connectivity index (χ3v) is 5.38. The quantitative estimate of drug-likeness (QED) is 0.906. The molecule has 1 atom stereocenters. The lowest BCUT2D eigenvalue weighted by molar-refractivity contribution is 0.640. The molecule has 1 aliphatic heterocycles. The van der Waals surface area contributed by atoms with Crippen LogP contribution in [0.1, 0.15) is 51.0 Å². The van der Waals surface area contributed by atoms with Crippen molar-refractivity contribution in [1.29, 1.82) is 0 Å². The standard InChI is InChI=1S/C16H26N4S/c1-11(2)16-18-9-15(20-6-7-21-10-12(20)3)14(19-16)8-17-13-4-5-13/h9,11-13,17H,4-8,10H2,1-3H3. The maximum Gasteiger partial charge on any atom is 0.131 e. The molecule has 0 aromatic carbocycles. The highest BCUT2D eigenvalue weighted by Gasteiger charge is 2.25. The van der Waals surface area contributed by atoms with Gasteiger partial charge in [-0.25, -0.2) is 9.97 Å². The van der Waals surface area contributed by atoms with Gasteiger partial charge in [0.25, 0.3) is 0 Å². The van der Waals surface area contributed by atoms with Crippen molar-refractivity contribution in [3.05, 3.63) is 17.7 Å². The van der Waals surface area contributed by atoms with E-state index in [0.717, 1.165) is 18.9 Å². The van der Waals surface area contributed by atoms with Gasteiger partial charge in [-0.2, -0.15) is 11.8 Å². The van der Waals surface area contributed by atoms with Gasteiger partial charge in [-0.05, 0) is 19.8 Å². The summed E-state index contributed by atoms with van der Waals surface area (Å²) in [5.74, 6) is 3.74. The van der Waals surface area contributed by atoms with Gasteiger partial charge in [0.2, 0.25) is 0 Å². The molecule has 0 spiro atoms. The minimum atomic E-state index is 0.382. The van der Waals surface area contributed by atoms with Gasteiger partial charge in [0, 0.05) is 42.6 Å². The Morgan fingerprint density at radius 2 is 2.24 bits per heavy atom. The molecule has 1 aromatic rings. The second-order valence-corrected chi connectivity index (χ2v) is 7.64. The van der Waals surface area contributed by atoms with E-state index in [0.29, 0.717) is 18.0 Å². The minimum absolute atomic E-state index is 0.382. The lowest BCUT2D eigenvalue weighted by atomic mass is 10.2. The Bertz CT molecular complexity index is 487. The molecular weight excluding hydrogens is 280 g/mol. The summed E-state index contributed by atoms with van der Waals surface area (Å²) >= 11 is 2.05. The Morgan fingerprint density at radius 3 is 2.90 bits per heavy atom. The molecule has 0 radical (unpaired) electrons. The second-order valence-electron chi connectivity index (χ2n) is 6.49. The van der Waals surface area contributed by atoms with E-state index >= 15 is 0 Å². The second kappa shape index (κ2) is 6.53. The molecule has 5 heteroatoms. The van der Waals surface area contributed by atoms with Crippen LogP contribution < -0.4 is 10.2 Å². The van der Waals surface area contributed by atoms with Gasteiger partial charge < -0.3 is 10.2 Å². The fourth-order valence-electron chi connectivity index (χ4n) is 2.69. The Labute approximate surface area is 132 Å². The lowest BCUT2D eigenvalue weighted by Gasteiger charge is -2.35. The highest BCUT2D eigenvalue weighted by atomic mass is 32.2. The molecule has 2 aliphatic rings. The summed E-state index contributed by atoms with van der Waals surface area (Å²) in [6, 6.07) is 1.28. The van der Waals surface area contributed by atoms with E-state index in [9.17, 15) is 0 Å². The van der Waals surface area contributed by atoms with Crippen LogP contribution in [0, 0.1) is 0 Å². The van der Waals surface area contributed by atoms with E-state index in [-0.39, 0.29) is 0 Å². The molecule has 1 unspecified atom stereocenters. The third-order valence-electron chi connectivity index (χ3n) is 4.19. The molecule has 116 valence electrons. The summed E-state index contributed by atoms with van der Waals surface area (Å²) in [5.41, 5.74) is 2.42. The Hall–Kier alpha value is -0.810. The van der Waals surface area contributed by atoms with Crippen LogP contribution in [0.3, 0.4) is 0 Å². The molecule has 4 nitrogen and oxygen atoms in total. The fraction of sp³-hybridized carbons (Fsp3) is 0.750. The van der Waals surface area contributed by atoms with Crippen molar-refractivity contribution in [3.63, 3.8) is 0 Å². The molecule has 0 amide bonds. The molecule has 1 saturated heterocycles. The van der Waals surface area contributed by atoms with Gasteiger partial charge in [0.05, 0.1) is 17.6 Å². The molecule has 3 rings (SSSR count). The van der Waals surface area contributed by atoms with Crippen LogP contribution in [0.4, 0.5) is 5.69 Å². The van der Waals surface area contributed by atoms with Gasteiger partial charge in [0.1, 0.15) is 5.82 Å². The van der Waals surface area contributed by atoms with Crippen molar-refractivity contribution in [3.8, 4) is 0 Å². The van der Waals surface area contributed by atoms with Gasteiger partial charge in [-0.15, -0.1) is 0 Å². The van der Waals surface area contributed by atoms with Gasteiger partial charge >= 0.3 is 0 Å². The van der Waals surface area contributed by atoms with Crippen molar-refractivity contribution >= 4 is 17.4 Å². The highest BCUT2D eigenvalue weighted by molar-refractivity contribution is 7.99. The minimum Gasteiger partial charge on any atom is -0.364 e. The first-order valence-electron chi connectivity index (χ1n) is 8.08. The van der Waals surface area contributed by atoms with E-state index in [4.69, 9.17) is 4.98 Å². The van der Waals surface area contributed by atoms with Crippen LogP contribution in [0.25, 0.3) is 0 Å². The van der Waals surface area contributed by atoms with Crippen LogP contribution in [0.2, 0.25) is 0 Å². The predicted octanol–water partition coefficient (Wildman–Crippen LogP) is 2.79. The molecule has 21 heavy (non-hydrogen) atoms. The maximum atomic E-state index is 4.86. The molecule has 0 bridgehead atoms. The molecule has 1 N–H and O–H groups in total. The highest BCUT2D eigenvalue weighted by Crippen LogP contribution is 2.28. The predicted molar refractivity (Wildman–Crippen MR) is 90.1 cm³/mol. The summed E-state index contributed by atoms with van der Waals surface area (Å²) in [6.07, 6.45) is 4.68. The zero-order valence-electron chi connectivity index (χ0n) is 13.3. The molecule has 2 fully saturated rings. The summed E-state index contributed by atoms with van der Waals surface area (Å²) in [7, 11) is 0. The topological polar surface area (TPSA) is 41.1 Å². The maximum absolute atomic E-state index is 4.86. The smallest absolute Gasteiger partial charge is 0.131 e. The number of rotatable bonds is 5. The largest absolute Gasteiger partial charge is 0.364 e. The fourth-order valence-corrected chi connectivity index (χ4v) is 3.70. The van der Waals surface area contributed by atoms with E-state index < -0.39 is 0 Å². The zero-order chi connectivity index (χ0) is 14.8. The van der Waals surface area contributed by atoms with Crippen molar-refractivity contribution in [2.45, 2.75) is 58.2 Å². The molecule has 2 heterocycles. The average Bonchev–Trinajstić information content (AvgIpc) is 3.30. The van der Waals surface area contributed by atoms with Crippen molar-refractivity contribution in [2.24, 2.45) is 0 Å². The van der Waals surface area contributed by atoms with E-state index in [1.165, 1.54) is 35.7 Å². The molecule has 1 saturated carbocycles. The van der Waals surface area contributed by atoms with Crippen LogP contribution in [0.15, 0.2) is 6.20 Å². The molecular formula is C16H26N4S. The van der Waals surface area contributed by atoms with Crippen molar-refractivity contribution in [1.82, 2.24) is 15.3 Å². The first kappa shape index (κ1) is 15.1. The number of aromatic nitrogens is 2. The monoisotopic (exact) mass is 306 g/mol. The summed E-state index contributed by atoms with van der Waals surface area (Å²) in [5, 5.41) is 3.61. The number of nitrogens with one attached hydrogen (secondary N) is 1. The summed E-state index contributed by atoms with van der Waals surface area (Å²) in [6.45, 7) is 8.60. The van der Waals surface area contributed by atoms with Crippen LogP contribution in [-0.2, 0) is 6.54 Å². The third kappa shape index (κ3) is 3.69. The normalized spacial score (nSPS) is 22.9. The van der Waals surface area contributed by atoms with Crippen LogP contribution in [0.5, 0.6) is 0 Å². The van der Waals surface area contributed by atoms with Crippen LogP contribution in [-0.4, -0.2) is 40.1 Å². The Kier molecular flexibility index (Phi) is 4.69. The zero-order valence-corrected chi connectivity index (χ0v) is 14.1. The Morgan fingerprint density at radius 1 is 1.43 bits per heavy atom. The van der Waals surface area contributed by atoms with E-state index in [2.05, 4.69) is 42.2 Å². The van der Waals surface area contributed by atoms with Crippen molar-refractivity contribution < 1.29 is 0 Å². The SMILES string of the molecule is CC(C)c1ncc(N2CCSCC2C)c(CNC2CC2)n1. The van der Waals surface area contributed by atoms with Gasteiger partial charge in [-0.1, -0.05) is 13.8 Å². The van der Waals surface area contributed by atoms with Crippen LogP contribution >= 0.6 is 11.8 Å². The number of hydrogen-bond donors (Lipinski definition) is 1. The number of thioether (sulfide) groups is 1. The van der Waals surface area contributed by atoms with E-state index in [1.807, 2.05) is 11.8 Å². The van der Waals surface area contributed by atoms with E-state index in [1.54, 1.807) is 0 Å². The molecule has 1 aliphatic carbocycles. The first-order valence-corrected chi connectivity index (χ1v) is 9.24. The lowest BCUT2D eigenvalue weighted by Crippen LogP contribution is -2.41. The summed E-state index contributed by atoms with van der Waals surface area (Å²) in [4.78, 5) is 12.0. The average molecular weight is 306 g/mol. The number of anilines is 1. The molecule has 1 aromatic heterocycles. The number of hydrogen-bond acceptors (Lipinski definition) is 5. The first-order chi connectivity index (χ1) is 10.1. The van der Waals surface area contributed by atoms with Gasteiger partial charge in [-0.3, -0.25) is 0 Å². The summed E-state index contributed by atoms with van der Waals surface area (Å²) < 4.78 is 0. The van der Waals surface area contributed by atoms with Crippen molar-refractivity contribution in [2.75, 3.05) is 23.0 Å². The number of nitrogens with zero attached hydrogens (tertiary/aromatic N) is 3. The van der Waals surface area contributed by atoms with Gasteiger partial charge in [0.15, 0.2) is 0 Å².